The largest absolute Gasteiger partial charge is 0.497 e. The topological polar surface area (TPSA) is 114 Å². The Hall–Kier alpha value is -2.56. The number of thioether (sulfide) groups is 1. The molecule has 1 saturated heterocycles. The van der Waals surface area contributed by atoms with Crippen molar-refractivity contribution in [3.8, 4) is 5.75 Å². The maximum atomic E-state index is 13.0. The zero-order chi connectivity index (χ0) is 24.6. The molecular weight excluding hydrogens is 474 g/mol. The summed E-state index contributed by atoms with van der Waals surface area (Å²) in [5.41, 5.74) is 1.44. The Kier molecular flexibility index (Phi) is 9.37. The van der Waals surface area contributed by atoms with Crippen LogP contribution >= 0.6 is 11.8 Å². The fourth-order valence-electron chi connectivity index (χ4n) is 3.52. The summed E-state index contributed by atoms with van der Waals surface area (Å²) in [5, 5.41) is 7.28. The minimum absolute atomic E-state index is 0.0190. The predicted molar refractivity (Wildman–Crippen MR) is 133 cm³/mol. The molecule has 34 heavy (non-hydrogen) atoms. The van der Waals surface area contributed by atoms with E-state index < -0.39 is 26.5 Å². The molecule has 1 aliphatic heterocycles. The Labute approximate surface area is 205 Å². The normalized spacial score (nSPS) is 18.2. The molecule has 8 nitrogen and oxygen atoms in total. The van der Waals surface area contributed by atoms with Crippen LogP contribution in [-0.2, 0) is 32.4 Å². The van der Waals surface area contributed by atoms with E-state index in [-0.39, 0.29) is 23.1 Å². The second-order valence-corrected chi connectivity index (χ2v) is 11.2. The van der Waals surface area contributed by atoms with Gasteiger partial charge in [0.05, 0.1) is 17.8 Å². The van der Waals surface area contributed by atoms with E-state index in [1.54, 1.807) is 31.4 Å². The summed E-state index contributed by atoms with van der Waals surface area (Å²) in [4.78, 5) is 24.9. The first kappa shape index (κ1) is 26.1. The molecule has 0 radical (unpaired) electrons. The summed E-state index contributed by atoms with van der Waals surface area (Å²) >= 11 is 1.20. The first-order valence-corrected chi connectivity index (χ1v) is 13.8. The number of methoxy groups -OCH3 is 1. The van der Waals surface area contributed by atoms with Gasteiger partial charge in [-0.1, -0.05) is 37.6 Å². The summed E-state index contributed by atoms with van der Waals surface area (Å²) in [6.07, 6.45) is 3.00. The third-order valence-corrected chi connectivity index (χ3v) is 8.61. The first-order chi connectivity index (χ1) is 16.3. The van der Waals surface area contributed by atoms with Crippen LogP contribution in [0.3, 0.4) is 0 Å². The molecule has 0 aromatic heterocycles. The van der Waals surface area contributed by atoms with Gasteiger partial charge in [0.1, 0.15) is 11.2 Å². The Bertz CT molecular complexity index is 1090. The van der Waals surface area contributed by atoms with E-state index in [1.165, 1.54) is 11.8 Å². The number of benzene rings is 2. The molecule has 184 valence electrons. The van der Waals surface area contributed by atoms with Crippen LogP contribution in [0, 0.1) is 0 Å². The van der Waals surface area contributed by atoms with Crippen LogP contribution in [0.25, 0.3) is 0 Å². The number of hydrogen-bond donors (Lipinski definition) is 3. The molecule has 0 saturated carbocycles. The highest BCUT2D eigenvalue weighted by atomic mass is 32.2. The lowest BCUT2D eigenvalue weighted by Gasteiger charge is -2.29. The number of rotatable bonds is 11. The molecule has 1 fully saturated rings. The molecule has 2 aromatic carbocycles. The van der Waals surface area contributed by atoms with Crippen molar-refractivity contribution in [1.82, 2.24) is 16.0 Å². The Balaban J connectivity index is 1.47. The number of aryl methyl sites for hydroxylation is 1. The molecule has 2 aromatic rings. The van der Waals surface area contributed by atoms with E-state index in [1.807, 2.05) is 24.3 Å². The quantitative estimate of drug-likeness (QED) is 0.429. The van der Waals surface area contributed by atoms with Crippen LogP contribution in [0.2, 0.25) is 0 Å². The highest BCUT2D eigenvalue weighted by Crippen LogP contribution is 2.21. The van der Waals surface area contributed by atoms with Crippen molar-refractivity contribution in [2.45, 2.75) is 48.4 Å². The number of carbonyl (C=O) groups excluding carboxylic acids is 2. The van der Waals surface area contributed by atoms with Gasteiger partial charge < -0.3 is 15.4 Å². The average molecular weight is 506 g/mol. The summed E-state index contributed by atoms with van der Waals surface area (Å²) in [6.45, 7) is 2.45. The smallest absolute Gasteiger partial charge is 0.241 e. The van der Waals surface area contributed by atoms with Gasteiger partial charge in [-0.25, -0.2) is 8.42 Å². The highest BCUT2D eigenvalue weighted by molar-refractivity contribution is 8.00. The van der Waals surface area contributed by atoms with E-state index in [9.17, 15) is 18.0 Å². The molecule has 1 heterocycles. The second kappa shape index (κ2) is 12.2. The fraction of sp³-hybridized carbons (Fsp3) is 0.417. The molecular formula is C24H31N3O5S2. The Morgan fingerprint density at radius 1 is 1.18 bits per heavy atom. The number of unbranched alkanes of at least 4 members (excludes halogenated alkanes) is 1. The standard InChI is InChI=1S/C24H31N3O5S2/c1-3-4-6-17-9-11-20(12-10-17)34(30,31)21-15-26-24(27-23(21)29)33-16-22(28)25-14-18-7-5-8-19(13-18)32-2/h5,7-13,21,24,26H,3-4,6,14-16H2,1-2H3,(H,25,28)(H,27,29). The van der Waals surface area contributed by atoms with Gasteiger partial charge in [-0.15, -0.1) is 11.8 Å². The molecule has 2 atom stereocenters. The van der Waals surface area contributed by atoms with Gasteiger partial charge in [0.25, 0.3) is 0 Å². The van der Waals surface area contributed by atoms with Crippen molar-refractivity contribution in [3.63, 3.8) is 0 Å². The second-order valence-electron chi connectivity index (χ2n) is 8.02. The minimum Gasteiger partial charge on any atom is -0.497 e. The summed E-state index contributed by atoms with van der Waals surface area (Å²) in [5.74, 6) is 0.0653. The van der Waals surface area contributed by atoms with Crippen LogP contribution in [0.1, 0.15) is 30.9 Å². The lowest BCUT2D eigenvalue weighted by Crippen LogP contribution is -2.59. The van der Waals surface area contributed by atoms with Gasteiger partial charge in [-0.3, -0.25) is 14.9 Å². The lowest BCUT2D eigenvalue weighted by atomic mass is 10.1. The van der Waals surface area contributed by atoms with Crippen LogP contribution in [0.15, 0.2) is 53.4 Å². The van der Waals surface area contributed by atoms with Gasteiger partial charge >= 0.3 is 0 Å². The van der Waals surface area contributed by atoms with Crippen LogP contribution < -0.4 is 20.7 Å². The monoisotopic (exact) mass is 505 g/mol. The van der Waals surface area contributed by atoms with Crippen molar-refractivity contribution >= 4 is 33.4 Å². The van der Waals surface area contributed by atoms with Crippen molar-refractivity contribution in [2.75, 3.05) is 19.4 Å². The maximum Gasteiger partial charge on any atom is 0.241 e. The molecule has 0 aliphatic carbocycles. The third-order valence-electron chi connectivity index (χ3n) is 5.50. The van der Waals surface area contributed by atoms with Crippen molar-refractivity contribution in [1.29, 1.82) is 0 Å². The van der Waals surface area contributed by atoms with Crippen LogP contribution in [0.4, 0.5) is 0 Å². The molecule has 2 unspecified atom stereocenters. The minimum atomic E-state index is -3.82. The molecule has 2 amide bonds. The fourth-order valence-corrected chi connectivity index (χ4v) is 5.86. The zero-order valence-electron chi connectivity index (χ0n) is 19.4. The predicted octanol–water partition coefficient (Wildman–Crippen LogP) is 2.23. The van der Waals surface area contributed by atoms with Crippen LogP contribution in [-0.4, -0.2) is 50.4 Å². The molecule has 1 aliphatic rings. The van der Waals surface area contributed by atoms with E-state index in [2.05, 4.69) is 22.9 Å². The summed E-state index contributed by atoms with van der Waals surface area (Å²) in [6, 6.07) is 14.2. The number of nitrogens with one attached hydrogen (secondary N) is 3. The van der Waals surface area contributed by atoms with Gasteiger partial charge in [-0.2, -0.15) is 0 Å². The van der Waals surface area contributed by atoms with Crippen molar-refractivity contribution < 1.29 is 22.7 Å². The van der Waals surface area contributed by atoms with E-state index in [0.717, 1.165) is 30.4 Å². The van der Waals surface area contributed by atoms with Crippen molar-refractivity contribution in [2.24, 2.45) is 0 Å². The summed E-state index contributed by atoms with van der Waals surface area (Å²) in [7, 11) is -2.24. The van der Waals surface area contributed by atoms with Gasteiger partial charge in [-0.05, 0) is 48.2 Å². The molecule has 10 heteroatoms. The van der Waals surface area contributed by atoms with E-state index in [0.29, 0.717) is 12.3 Å². The lowest BCUT2D eigenvalue weighted by molar-refractivity contribution is -0.122. The number of hydrogen-bond acceptors (Lipinski definition) is 7. The zero-order valence-corrected chi connectivity index (χ0v) is 21.0. The van der Waals surface area contributed by atoms with E-state index >= 15 is 0 Å². The molecule has 3 N–H and O–H groups in total. The van der Waals surface area contributed by atoms with E-state index in [4.69, 9.17) is 4.74 Å². The number of sulfone groups is 1. The van der Waals surface area contributed by atoms with Gasteiger partial charge in [0.15, 0.2) is 15.1 Å². The highest BCUT2D eigenvalue weighted by Gasteiger charge is 2.38. The first-order valence-electron chi connectivity index (χ1n) is 11.2. The number of carbonyl (C=O) groups is 2. The van der Waals surface area contributed by atoms with Gasteiger partial charge in [0, 0.05) is 13.1 Å². The molecule has 3 rings (SSSR count). The molecule has 0 bridgehead atoms. The third kappa shape index (κ3) is 6.97. The Morgan fingerprint density at radius 2 is 1.94 bits per heavy atom. The summed E-state index contributed by atoms with van der Waals surface area (Å²) < 4.78 is 31.1. The molecule has 0 spiro atoms. The van der Waals surface area contributed by atoms with Crippen LogP contribution in [0.5, 0.6) is 5.75 Å². The number of amides is 2. The maximum absolute atomic E-state index is 13.0. The van der Waals surface area contributed by atoms with Crippen molar-refractivity contribution in [3.05, 3.63) is 59.7 Å². The number of ether oxygens (including phenoxy) is 1. The average Bonchev–Trinajstić information content (AvgIpc) is 2.85. The van der Waals surface area contributed by atoms with Gasteiger partial charge in [0.2, 0.25) is 11.8 Å². The Morgan fingerprint density at radius 3 is 2.62 bits per heavy atom. The SMILES string of the molecule is CCCCc1ccc(S(=O)(=O)C2CNC(SCC(=O)NCc3cccc(OC)c3)NC2=O)cc1.